The number of amides is 1. The number of nitrogens with one attached hydrogen (secondary N) is 1. The zero-order chi connectivity index (χ0) is 16.8. The highest BCUT2D eigenvalue weighted by Gasteiger charge is 2.13. The number of ether oxygens (including phenoxy) is 1. The second-order valence-corrected chi connectivity index (χ2v) is 5.02. The van der Waals surface area contributed by atoms with E-state index in [1.165, 1.54) is 24.3 Å². The second kappa shape index (κ2) is 7.53. The van der Waals surface area contributed by atoms with E-state index < -0.39 is 24.3 Å². The maximum atomic E-state index is 12.7. The van der Waals surface area contributed by atoms with Crippen LogP contribution in [0.2, 0.25) is 0 Å². The third kappa shape index (κ3) is 4.91. The van der Waals surface area contributed by atoms with Crippen LogP contribution in [0, 0.1) is 19.7 Å². The van der Waals surface area contributed by atoms with Crippen molar-refractivity contribution in [3.05, 3.63) is 47.1 Å². The van der Waals surface area contributed by atoms with Crippen LogP contribution in [0.5, 0.6) is 0 Å². The smallest absolute Gasteiger partial charge is 0.306 e. The van der Waals surface area contributed by atoms with E-state index in [0.29, 0.717) is 17.9 Å². The molecule has 0 atom stereocenters. The summed E-state index contributed by atoms with van der Waals surface area (Å²) in [6.45, 7) is 3.18. The van der Waals surface area contributed by atoms with Gasteiger partial charge in [0.05, 0.1) is 5.69 Å². The number of hydrogen-bond acceptors (Lipinski definition) is 5. The number of carbonyl (C=O) groups is 2. The number of halogens is 1. The lowest BCUT2D eigenvalue weighted by molar-refractivity contribution is -0.147. The molecule has 0 aliphatic rings. The molecule has 2 rings (SSSR count). The molecule has 2 aromatic rings. The van der Waals surface area contributed by atoms with E-state index in [1.54, 1.807) is 13.8 Å². The van der Waals surface area contributed by atoms with Gasteiger partial charge in [-0.1, -0.05) is 5.16 Å². The van der Waals surface area contributed by atoms with E-state index in [9.17, 15) is 14.0 Å². The molecule has 1 aromatic heterocycles. The number of rotatable bonds is 6. The molecule has 0 fully saturated rings. The maximum absolute atomic E-state index is 12.7. The Morgan fingerprint density at radius 1 is 1.26 bits per heavy atom. The SMILES string of the molecule is Cc1noc(C)c1CCC(=O)OCC(=O)Nc1ccc(F)cc1. The van der Waals surface area contributed by atoms with Gasteiger partial charge < -0.3 is 14.6 Å². The first-order valence-corrected chi connectivity index (χ1v) is 7.08. The Balaban J connectivity index is 1.73. The Morgan fingerprint density at radius 3 is 2.57 bits per heavy atom. The number of aryl methyl sites for hydroxylation is 2. The summed E-state index contributed by atoms with van der Waals surface area (Å²) in [6.07, 6.45) is 0.576. The van der Waals surface area contributed by atoms with Crippen LogP contribution in [-0.4, -0.2) is 23.6 Å². The predicted molar refractivity (Wildman–Crippen MR) is 80.3 cm³/mol. The maximum Gasteiger partial charge on any atom is 0.306 e. The molecule has 0 bridgehead atoms. The van der Waals surface area contributed by atoms with Crippen molar-refractivity contribution >= 4 is 17.6 Å². The Kier molecular flexibility index (Phi) is 5.46. The number of aromatic nitrogens is 1. The molecule has 0 radical (unpaired) electrons. The van der Waals surface area contributed by atoms with Gasteiger partial charge in [-0.25, -0.2) is 4.39 Å². The van der Waals surface area contributed by atoms with Gasteiger partial charge in [-0.05, 0) is 44.5 Å². The molecule has 1 amide bonds. The van der Waals surface area contributed by atoms with Gasteiger partial charge in [0.25, 0.3) is 5.91 Å². The Hall–Kier alpha value is -2.70. The highest BCUT2D eigenvalue weighted by Crippen LogP contribution is 2.14. The van der Waals surface area contributed by atoms with Crippen LogP contribution in [0.15, 0.2) is 28.8 Å². The van der Waals surface area contributed by atoms with E-state index in [2.05, 4.69) is 10.5 Å². The molecule has 0 spiro atoms. The largest absolute Gasteiger partial charge is 0.456 e. The van der Waals surface area contributed by atoms with Crippen molar-refractivity contribution < 1.29 is 23.2 Å². The molecule has 1 N–H and O–H groups in total. The summed E-state index contributed by atoms with van der Waals surface area (Å²) in [7, 11) is 0. The van der Waals surface area contributed by atoms with E-state index in [1.807, 2.05) is 0 Å². The van der Waals surface area contributed by atoms with Crippen molar-refractivity contribution in [2.24, 2.45) is 0 Å². The Morgan fingerprint density at radius 2 is 1.96 bits per heavy atom. The van der Waals surface area contributed by atoms with Crippen molar-refractivity contribution in [1.82, 2.24) is 5.16 Å². The van der Waals surface area contributed by atoms with Gasteiger partial charge in [0, 0.05) is 17.7 Å². The van der Waals surface area contributed by atoms with Gasteiger partial charge in [-0.3, -0.25) is 9.59 Å². The van der Waals surface area contributed by atoms with Crippen molar-refractivity contribution in [2.75, 3.05) is 11.9 Å². The lowest BCUT2D eigenvalue weighted by Gasteiger charge is -2.06. The zero-order valence-electron chi connectivity index (χ0n) is 12.9. The van der Waals surface area contributed by atoms with Crippen LogP contribution >= 0.6 is 0 Å². The summed E-state index contributed by atoms with van der Waals surface area (Å²) in [5.74, 6) is -0.695. The molecule has 23 heavy (non-hydrogen) atoms. The van der Waals surface area contributed by atoms with Gasteiger partial charge >= 0.3 is 5.97 Å². The molecule has 1 aromatic carbocycles. The molecular weight excluding hydrogens is 303 g/mol. The highest BCUT2D eigenvalue weighted by molar-refractivity contribution is 5.92. The molecular formula is C16H17FN2O4. The van der Waals surface area contributed by atoms with Crippen LogP contribution in [0.4, 0.5) is 10.1 Å². The standard InChI is InChI=1S/C16H17FN2O4/c1-10-14(11(2)23-19-10)7-8-16(21)22-9-15(20)18-13-5-3-12(17)4-6-13/h3-6H,7-9H2,1-2H3,(H,18,20). The van der Waals surface area contributed by atoms with Crippen LogP contribution < -0.4 is 5.32 Å². The molecule has 0 aliphatic heterocycles. The van der Waals surface area contributed by atoms with E-state index in [4.69, 9.17) is 9.26 Å². The predicted octanol–water partition coefficient (Wildman–Crippen LogP) is 2.55. The summed E-state index contributed by atoms with van der Waals surface area (Å²) in [4.78, 5) is 23.3. The molecule has 0 saturated carbocycles. The van der Waals surface area contributed by atoms with Crippen molar-refractivity contribution in [2.45, 2.75) is 26.7 Å². The van der Waals surface area contributed by atoms with Crippen LogP contribution in [0.25, 0.3) is 0 Å². The minimum absolute atomic E-state index is 0.132. The van der Waals surface area contributed by atoms with Crippen molar-refractivity contribution in [3.63, 3.8) is 0 Å². The summed E-state index contributed by atoms with van der Waals surface area (Å²) in [5, 5.41) is 6.31. The lowest BCUT2D eigenvalue weighted by Crippen LogP contribution is -2.21. The molecule has 6 nitrogen and oxygen atoms in total. The van der Waals surface area contributed by atoms with Gasteiger partial charge in [0.2, 0.25) is 0 Å². The third-order valence-corrected chi connectivity index (χ3v) is 3.25. The van der Waals surface area contributed by atoms with Gasteiger partial charge in [-0.15, -0.1) is 0 Å². The van der Waals surface area contributed by atoms with Gasteiger partial charge in [0.1, 0.15) is 11.6 Å². The summed E-state index contributed by atoms with van der Waals surface area (Å²) in [6, 6.07) is 5.30. The monoisotopic (exact) mass is 320 g/mol. The average molecular weight is 320 g/mol. The fourth-order valence-electron chi connectivity index (χ4n) is 2.03. The minimum atomic E-state index is -0.487. The van der Waals surface area contributed by atoms with Crippen LogP contribution in [-0.2, 0) is 20.7 Å². The number of anilines is 1. The summed E-state index contributed by atoms with van der Waals surface area (Å²) >= 11 is 0. The Labute approximate surface area is 132 Å². The molecule has 0 aliphatic carbocycles. The van der Waals surface area contributed by atoms with E-state index in [0.717, 1.165) is 11.3 Å². The fourth-order valence-corrected chi connectivity index (χ4v) is 2.03. The summed E-state index contributed by atoms with van der Waals surface area (Å²) in [5.41, 5.74) is 2.05. The first-order valence-electron chi connectivity index (χ1n) is 7.08. The number of esters is 1. The first-order chi connectivity index (χ1) is 11.0. The first kappa shape index (κ1) is 16.7. The molecule has 1 heterocycles. The van der Waals surface area contributed by atoms with Gasteiger partial charge in [-0.2, -0.15) is 0 Å². The highest BCUT2D eigenvalue weighted by atomic mass is 19.1. The van der Waals surface area contributed by atoms with Crippen molar-refractivity contribution in [1.29, 1.82) is 0 Å². The minimum Gasteiger partial charge on any atom is -0.456 e. The van der Waals surface area contributed by atoms with E-state index >= 15 is 0 Å². The van der Waals surface area contributed by atoms with E-state index in [-0.39, 0.29) is 6.42 Å². The van der Waals surface area contributed by atoms with Crippen LogP contribution in [0.3, 0.4) is 0 Å². The summed E-state index contributed by atoms with van der Waals surface area (Å²) < 4.78 is 22.7. The zero-order valence-corrected chi connectivity index (χ0v) is 12.9. The van der Waals surface area contributed by atoms with Crippen molar-refractivity contribution in [3.8, 4) is 0 Å². The lowest BCUT2D eigenvalue weighted by atomic mass is 10.1. The number of benzene rings is 1. The Bertz CT molecular complexity index is 675. The molecule has 122 valence electrons. The number of hydrogen-bond donors (Lipinski definition) is 1. The fraction of sp³-hybridized carbons (Fsp3) is 0.312. The topological polar surface area (TPSA) is 81.4 Å². The third-order valence-electron chi connectivity index (χ3n) is 3.25. The van der Waals surface area contributed by atoms with Gasteiger partial charge in [0.15, 0.2) is 6.61 Å². The average Bonchev–Trinajstić information content (AvgIpc) is 2.84. The quantitative estimate of drug-likeness (QED) is 0.827. The second-order valence-electron chi connectivity index (χ2n) is 5.02. The molecule has 0 saturated heterocycles. The number of nitrogens with zero attached hydrogens (tertiary/aromatic N) is 1. The molecule has 7 heteroatoms. The number of carbonyl (C=O) groups excluding carboxylic acids is 2. The van der Waals surface area contributed by atoms with Crippen LogP contribution in [0.1, 0.15) is 23.4 Å². The normalized spacial score (nSPS) is 10.4. The molecule has 0 unspecified atom stereocenters.